The van der Waals surface area contributed by atoms with Crippen molar-refractivity contribution in [1.82, 2.24) is 15.3 Å². The summed E-state index contributed by atoms with van der Waals surface area (Å²) >= 11 is 0. The third kappa shape index (κ3) is 5.11. The average Bonchev–Trinajstić information content (AvgIpc) is 2.86. The topological polar surface area (TPSA) is 95.1 Å². The van der Waals surface area contributed by atoms with Gasteiger partial charge in [-0.25, -0.2) is 9.78 Å². The Bertz CT molecular complexity index is 403. The summed E-state index contributed by atoms with van der Waals surface area (Å²) in [4.78, 5) is 29.8. The van der Waals surface area contributed by atoms with Crippen molar-refractivity contribution in [3.63, 3.8) is 0 Å². The molecule has 0 aliphatic carbocycles. The van der Waals surface area contributed by atoms with Crippen LogP contribution in [-0.4, -0.2) is 33.0 Å². The summed E-state index contributed by atoms with van der Waals surface area (Å²) < 4.78 is 0. The number of aromatic nitrogens is 2. The molecule has 0 saturated carbocycles. The molecular formula is C13H21N3O3. The Morgan fingerprint density at radius 2 is 2.26 bits per heavy atom. The lowest BCUT2D eigenvalue weighted by Gasteiger charge is -2.17. The largest absolute Gasteiger partial charge is 0.480 e. The molecule has 19 heavy (non-hydrogen) atoms. The fourth-order valence-electron chi connectivity index (χ4n) is 1.80. The van der Waals surface area contributed by atoms with Crippen molar-refractivity contribution >= 4 is 11.9 Å². The van der Waals surface area contributed by atoms with Crippen LogP contribution >= 0.6 is 0 Å². The molecule has 0 unspecified atom stereocenters. The lowest BCUT2D eigenvalue weighted by atomic mass is 10.0. The van der Waals surface area contributed by atoms with Crippen LogP contribution < -0.4 is 5.32 Å². The second-order valence-corrected chi connectivity index (χ2v) is 4.72. The smallest absolute Gasteiger partial charge is 0.326 e. The first-order valence-electron chi connectivity index (χ1n) is 6.55. The number of aliphatic carboxylic acids is 1. The lowest BCUT2D eigenvalue weighted by Crippen LogP contribution is -2.43. The van der Waals surface area contributed by atoms with E-state index < -0.39 is 12.0 Å². The van der Waals surface area contributed by atoms with Crippen LogP contribution in [0.1, 0.15) is 38.8 Å². The molecule has 1 rings (SSSR count). The first-order valence-corrected chi connectivity index (χ1v) is 6.55. The molecule has 6 heteroatoms. The van der Waals surface area contributed by atoms with Gasteiger partial charge in [-0.05, 0) is 6.42 Å². The van der Waals surface area contributed by atoms with Crippen molar-refractivity contribution in [1.29, 1.82) is 0 Å². The zero-order valence-electron chi connectivity index (χ0n) is 11.3. The van der Waals surface area contributed by atoms with Gasteiger partial charge in [0.1, 0.15) is 6.04 Å². The van der Waals surface area contributed by atoms with Crippen LogP contribution in [0.15, 0.2) is 12.5 Å². The molecule has 0 aliphatic heterocycles. The molecule has 1 amide bonds. The van der Waals surface area contributed by atoms with E-state index in [1.165, 1.54) is 0 Å². The second kappa shape index (κ2) is 7.56. The number of carbonyl (C=O) groups is 2. The number of unbranched alkanes of at least 4 members (excludes halogenated alkanes) is 1. The molecule has 0 radical (unpaired) electrons. The van der Waals surface area contributed by atoms with E-state index in [1.807, 2.05) is 6.92 Å². The highest BCUT2D eigenvalue weighted by Gasteiger charge is 2.22. The van der Waals surface area contributed by atoms with Crippen LogP contribution in [0, 0.1) is 5.92 Å². The number of imidazole rings is 1. The number of hydrogen-bond acceptors (Lipinski definition) is 3. The zero-order chi connectivity index (χ0) is 14.3. The van der Waals surface area contributed by atoms with Gasteiger partial charge in [0.05, 0.1) is 6.33 Å². The summed E-state index contributed by atoms with van der Waals surface area (Å²) in [6.45, 7) is 3.76. The Balaban J connectivity index is 2.48. The van der Waals surface area contributed by atoms with Gasteiger partial charge in [-0.15, -0.1) is 0 Å². The van der Waals surface area contributed by atoms with Gasteiger partial charge in [0.15, 0.2) is 0 Å². The van der Waals surface area contributed by atoms with E-state index >= 15 is 0 Å². The first kappa shape index (κ1) is 15.2. The monoisotopic (exact) mass is 267 g/mol. The predicted octanol–water partition coefficient (Wildman–Crippen LogP) is 1.35. The Morgan fingerprint density at radius 1 is 1.53 bits per heavy atom. The van der Waals surface area contributed by atoms with Gasteiger partial charge < -0.3 is 15.4 Å². The fourth-order valence-corrected chi connectivity index (χ4v) is 1.80. The summed E-state index contributed by atoms with van der Waals surface area (Å²) in [6, 6.07) is -0.795. The molecule has 1 aromatic heterocycles. The Labute approximate surface area is 112 Å². The number of carboxylic acids is 1. The maximum absolute atomic E-state index is 11.9. The van der Waals surface area contributed by atoms with Crippen molar-refractivity contribution in [3.8, 4) is 0 Å². The SMILES string of the molecule is CCCC[C@@H](NC(=O)[C@H](C)Cc1cnc[nH]1)C(=O)O. The van der Waals surface area contributed by atoms with Gasteiger partial charge in [0.25, 0.3) is 0 Å². The lowest BCUT2D eigenvalue weighted by molar-refractivity contribution is -0.142. The molecule has 0 bridgehead atoms. The molecule has 0 saturated heterocycles. The average molecular weight is 267 g/mol. The second-order valence-electron chi connectivity index (χ2n) is 4.72. The number of hydrogen-bond donors (Lipinski definition) is 3. The van der Waals surface area contributed by atoms with Gasteiger partial charge >= 0.3 is 5.97 Å². The molecule has 6 nitrogen and oxygen atoms in total. The molecule has 0 fully saturated rings. The highest BCUT2D eigenvalue weighted by atomic mass is 16.4. The number of carboxylic acid groups (broad SMARTS) is 1. The predicted molar refractivity (Wildman–Crippen MR) is 70.5 cm³/mol. The minimum Gasteiger partial charge on any atom is -0.480 e. The highest BCUT2D eigenvalue weighted by molar-refractivity contribution is 5.84. The Hall–Kier alpha value is -1.85. The molecule has 0 aliphatic rings. The van der Waals surface area contributed by atoms with Gasteiger partial charge in [0, 0.05) is 24.2 Å². The number of nitrogens with zero attached hydrogens (tertiary/aromatic N) is 1. The Kier molecular flexibility index (Phi) is 6.05. The summed E-state index contributed by atoms with van der Waals surface area (Å²) in [5, 5.41) is 11.6. The maximum atomic E-state index is 11.9. The number of H-pyrrole nitrogens is 1. The zero-order valence-corrected chi connectivity index (χ0v) is 11.3. The number of rotatable bonds is 8. The van der Waals surface area contributed by atoms with Crippen LogP contribution in [0.3, 0.4) is 0 Å². The third-order valence-electron chi connectivity index (χ3n) is 2.99. The molecule has 0 spiro atoms. The van der Waals surface area contributed by atoms with Crippen LogP contribution in [0.4, 0.5) is 0 Å². The standard InChI is InChI=1S/C13H21N3O3/c1-3-4-5-11(13(18)19)16-12(17)9(2)6-10-7-14-8-15-10/h7-9,11H,3-6H2,1-2H3,(H,14,15)(H,16,17)(H,18,19)/t9-,11-/m1/s1. The molecule has 3 N–H and O–H groups in total. The van der Waals surface area contributed by atoms with E-state index in [0.717, 1.165) is 18.5 Å². The molecule has 0 aromatic carbocycles. The number of aromatic amines is 1. The molecule has 2 atom stereocenters. The number of carbonyl (C=O) groups excluding carboxylic acids is 1. The van der Waals surface area contributed by atoms with Crippen molar-refractivity contribution in [2.24, 2.45) is 5.92 Å². The van der Waals surface area contributed by atoms with E-state index in [2.05, 4.69) is 15.3 Å². The number of amides is 1. The summed E-state index contributed by atoms with van der Waals surface area (Å²) in [6.07, 6.45) is 5.90. The Morgan fingerprint density at radius 3 is 2.79 bits per heavy atom. The highest BCUT2D eigenvalue weighted by Crippen LogP contribution is 2.07. The minimum atomic E-state index is -0.976. The van der Waals surface area contributed by atoms with E-state index in [9.17, 15) is 9.59 Å². The van der Waals surface area contributed by atoms with E-state index in [0.29, 0.717) is 12.8 Å². The van der Waals surface area contributed by atoms with Gasteiger partial charge in [0.2, 0.25) is 5.91 Å². The number of nitrogens with one attached hydrogen (secondary N) is 2. The maximum Gasteiger partial charge on any atom is 0.326 e. The van der Waals surface area contributed by atoms with Crippen molar-refractivity contribution in [3.05, 3.63) is 18.2 Å². The summed E-state index contributed by atoms with van der Waals surface area (Å²) in [7, 11) is 0. The van der Waals surface area contributed by atoms with E-state index in [1.54, 1.807) is 19.4 Å². The van der Waals surface area contributed by atoms with Crippen LogP contribution in [0.2, 0.25) is 0 Å². The fraction of sp³-hybridized carbons (Fsp3) is 0.615. The van der Waals surface area contributed by atoms with E-state index in [-0.39, 0.29) is 11.8 Å². The van der Waals surface area contributed by atoms with Crippen molar-refractivity contribution < 1.29 is 14.7 Å². The summed E-state index contributed by atoms with van der Waals surface area (Å²) in [5.74, 6) is -1.50. The van der Waals surface area contributed by atoms with Gasteiger partial charge in [-0.1, -0.05) is 26.7 Å². The molecule has 1 heterocycles. The first-order chi connectivity index (χ1) is 9.04. The third-order valence-corrected chi connectivity index (χ3v) is 2.99. The van der Waals surface area contributed by atoms with Crippen LogP contribution in [-0.2, 0) is 16.0 Å². The minimum absolute atomic E-state index is 0.238. The molecule has 1 aromatic rings. The molecule has 106 valence electrons. The van der Waals surface area contributed by atoms with Crippen LogP contribution in [0.25, 0.3) is 0 Å². The van der Waals surface area contributed by atoms with Crippen molar-refractivity contribution in [2.75, 3.05) is 0 Å². The van der Waals surface area contributed by atoms with Crippen LogP contribution in [0.5, 0.6) is 0 Å². The van der Waals surface area contributed by atoms with Gasteiger partial charge in [-0.2, -0.15) is 0 Å². The summed E-state index contributed by atoms with van der Waals surface area (Å²) in [5.41, 5.74) is 0.864. The molecular weight excluding hydrogens is 246 g/mol. The quantitative estimate of drug-likeness (QED) is 0.662. The van der Waals surface area contributed by atoms with Crippen molar-refractivity contribution in [2.45, 2.75) is 45.6 Å². The normalized spacial score (nSPS) is 13.8. The van der Waals surface area contributed by atoms with E-state index in [4.69, 9.17) is 5.11 Å². The van der Waals surface area contributed by atoms with Gasteiger partial charge in [-0.3, -0.25) is 4.79 Å².